The van der Waals surface area contributed by atoms with E-state index in [0.29, 0.717) is 27.3 Å². The number of benzene rings is 1. The molecule has 21 heavy (non-hydrogen) atoms. The van der Waals surface area contributed by atoms with Crippen LogP contribution in [0.15, 0.2) is 34.9 Å². The van der Waals surface area contributed by atoms with E-state index in [1.54, 1.807) is 19.1 Å². The molecular formula is C13H10F3N3OS. The van der Waals surface area contributed by atoms with Crippen molar-refractivity contribution in [3.05, 3.63) is 40.3 Å². The number of halogens is 3. The average Bonchev–Trinajstić information content (AvgIpc) is 3.04. The second kappa shape index (κ2) is 5.03. The molecule has 0 saturated heterocycles. The molecule has 0 amide bonds. The average molecular weight is 313 g/mol. The van der Waals surface area contributed by atoms with Crippen molar-refractivity contribution in [2.45, 2.75) is 19.1 Å². The van der Waals surface area contributed by atoms with Gasteiger partial charge in [0.2, 0.25) is 0 Å². The van der Waals surface area contributed by atoms with Gasteiger partial charge >= 0.3 is 6.18 Å². The summed E-state index contributed by atoms with van der Waals surface area (Å²) in [5, 5.41) is 2.08. The molecule has 0 fully saturated rings. The lowest BCUT2D eigenvalue weighted by atomic mass is 10.3. The number of nitrogens with zero attached hydrogens (tertiary/aromatic N) is 2. The Balaban J connectivity index is 1.79. The first-order valence-electron chi connectivity index (χ1n) is 6.08. The molecule has 0 aliphatic heterocycles. The lowest BCUT2D eigenvalue weighted by Crippen LogP contribution is -2.05. The fourth-order valence-electron chi connectivity index (χ4n) is 1.81. The molecule has 110 valence electrons. The highest BCUT2D eigenvalue weighted by Gasteiger charge is 2.35. The number of fused-ring (bicyclic) bond motifs is 1. The van der Waals surface area contributed by atoms with E-state index in [9.17, 15) is 13.2 Å². The summed E-state index contributed by atoms with van der Waals surface area (Å²) in [6.07, 6.45) is -3.20. The molecule has 0 aliphatic rings. The predicted octanol–water partition coefficient (Wildman–Crippen LogP) is 4.48. The number of rotatable bonds is 3. The van der Waals surface area contributed by atoms with E-state index in [2.05, 4.69) is 15.3 Å². The molecule has 1 unspecified atom stereocenters. The Morgan fingerprint density at radius 2 is 2.05 bits per heavy atom. The minimum Gasteiger partial charge on any atom is -0.424 e. The van der Waals surface area contributed by atoms with Crippen molar-refractivity contribution >= 4 is 28.5 Å². The number of anilines is 1. The summed E-state index contributed by atoms with van der Waals surface area (Å²) in [7, 11) is 0. The maximum Gasteiger partial charge on any atom is 0.443 e. The Bertz CT molecular complexity index is 732. The Kier molecular flexibility index (Phi) is 3.32. The first-order chi connectivity index (χ1) is 9.93. The summed E-state index contributed by atoms with van der Waals surface area (Å²) in [6.45, 7) is 1.72. The van der Waals surface area contributed by atoms with Crippen LogP contribution in [-0.2, 0) is 6.18 Å². The maximum absolute atomic E-state index is 12.5. The van der Waals surface area contributed by atoms with E-state index in [0.717, 1.165) is 0 Å². The van der Waals surface area contributed by atoms with Gasteiger partial charge in [0, 0.05) is 11.1 Å². The van der Waals surface area contributed by atoms with E-state index in [1.807, 2.05) is 12.1 Å². The lowest BCUT2D eigenvalue weighted by molar-refractivity contribution is -0.137. The third-order valence-electron chi connectivity index (χ3n) is 2.83. The number of thiazole rings is 1. The summed E-state index contributed by atoms with van der Waals surface area (Å²) in [6, 6.07) is 7.10. The minimum atomic E-state index is -4.42. The minimum absolute atomic E-state index is 0.269. The molecule has 1 N–H and O–H groups in total. The molecule has 1 atom stereocenters. The molecule has 2 aromatic heterocycles. The van der Waals surface area contributed by atoms with Crippen LogP contribution in [0.3, 0.4) is 0 Å². The van der Waals surface area contributed by atoms with Crippen molar-refractivity contribution in [1.29, 1.82) is 0 Å². The topological polar surface area (TPSA) is 51.0 Å². The third kappa shape index (κ3) is 2.85. The molecule has 3 rings (SSSR count). The van der Waals surface area contributed by atoms with Crippen LogP contribution in [0.25, 0.3) is 11.1 Å². The van der Waals surface area contributed by atoms with Gasteiger partial charge in [-0.1, -0.05) is 12.1 Å². The number of oxazole rings is 1. The molecule has 8 heteroatoms. The van der Waals surface area contributed by atoms with Gasteiger partial charge in [-0.2, -0.15) is 18.2 Å². The standard InChI is InChI=1S/C13H10F3N3OS/c1-7(10-6-17-11(21-10)13(14,15)16)18-12-19-8-4-2-3-5-9(8)20-12/h2-7H,1H3,(H,18,19). The quantitative estimate of drug-likeness (QED) is 0.775. The smallest absolute Gasteiger partial charge is 0.424 e. The normalized spacial score (nSPS) is 13.5. The number of nitrogens with one attached hydrogen (secondary N) is 1. The molecule has 1 aromatic carbocycles. The van der Waals surface area contributed by atoms with Gasteiger partial charge in [0.25, 0.3) is 6.01 Å². The molecular weight excluding hydrogens is 303 g/mol. The lowest BCUT2D eigenvalue weighted by Gasteiger charge is -2.08. The van der Waals surface area contributed by atoms with Crippen LogP contribution in [0.4, 0.5) is 19.2 Å². The van der Waals surface area contributed by atoms with Crippen molar-refractivity contribution in [3.63, 3.8) is 0 Å². The summed E-state index contributed by atoms with van der Waals surface area (Å²) in [5.74, 6) is 0. The molecule has 0 radical (unpaired) electrons. The van der Waals surface area contributed by atoms with Gasteiger partial charge in [0.15, 0.2) is 10.6 Å². The maximum atomic E-state index is 12.5. The van der Waals surface area contributed by atoms with E-state index >= 15 is 0 Å². The van der Waals surface area contributed by atoms with Gasteiger partial charge in [-0.15, -0.1) is 11.3 Å². The van der Waals surface area contributed by atoms with Crippen LogP contribution in [0.2, 0.25) is 0 Å². The van der Waals surface area contributed by atoms with Gasteiger partial charge < -0.3 is 9.73 Å². The monoisotopic (exact) mass is 313 g/mol. The van der Waals surface area contributed by atoms with Crippen LogP contribution in [0, 0.1) is 0 Å². The van der Waals surface area contributed by atoms with Gasteiger partial charge in [-0.25, -0.2) is 4.98 Å². The highest BCUT2D eigenvalue weighted by Crippen LogP contribution is 2.35. The van der Waals surface area contributed by atoms with Crippen LogP contribution < -0.4 is 5.32 Å². The number of hydrogen-bond donors (Lipinski definition) is 1. The van der Waals surface area contributed by atoms with E-state index in [-0.39, 0.29) is 12.1 Å². The molecule has 0 aliphatic carbocycles. The highest BCUT2D eigenvalue weighted by atomic mass is 32.1. The van der Waals surface area contributed by atoms with Gasteiger partial charge in [0.1, 0.15) is 5.52 Å². The second-order valence-corrected chi connectivity index (χ2v) is 5.48. The van der Waals surface area contributed by atoms with Crippen molar-refractivity contribution in [2.75, 3.05) is 5.32 Å². The zero-order valence-corrected chi connectivity index (χ0v) is 11.6. The predicted molar refractivity (Wildman–Crippen MR) is 73.2 cm³/mol. The van der Waals surface area contributed by atoms with Crippen LogP contribution >= 0.6 is 11.3 Å². The van der Waals surface area contributed by atoms with Crippen LogP contribution in [0.1, 0.15) is 22.9 Å². The molecule has 3 aromatic rings. The van der Waals surface area contributed by atoms with Gasteiger partial charge in [-0.3, -0.25) is 0 Å². The molecule has 0 bridgehead atoms. The number of para-hydroxylation sites is 2. The Hall–Kier alpha value is -2.09. The molecule has 2 heterocycles. The largest absolute Gasteiger partial charge is 0.443 e. The Labute approximate surface area is 121 Å². The summed E-state index contributed by atoms with van der Waals surface area (Å²) < 4.78 is 43.1. The van der Waals surface area contributed by atoms with Crippen molar-refractivity contribution < 1.29 is 17.6 Å². The fourth-order valence-corrected chi connectivity index (χ4v) is 2.59. The van der Waals surface area contributed by atoms with E-state index in [4.69, 9.17) is 4.42 Å². The third-order valence-corrected chi connectivity index (χ3v) is 4.05. The number of alkyl halides is 3. The molecule has 0 spiro atoms. The van der Waals surface area contributed by atoms with Gasteiger partial charge in [0.05, 0.1) is 6.04 Å². The Morgan fingerprint density at radius 3 is 2.71 bits per heavy atom. The van der Waals surface area contributed by atoms with E-state index in [1.165, 1.54) is 6.20 Å². The number of aromatic nitrogens is 2. The Morgan fingerprint density at radius 1 is 1.29 bits per heavy atom. The summed E-state index contributed by atoms with van der Waals surface area (Å²) in [4.78, 5) is 8.08. The first kappa shape index (κ1) is 13.9. The molecule has 4 nitrogen and oxygen atoms in total. The van der Waals surface area contributed by atoms with Crippen molar-refractivity contribution in [3.8, 4) is 0 Å². The molecule has 0 saturated carbocycles. The zero-order valence-electron chi connectivity index (χ0n) is 10.8. The van der Waals surface area contributed by atoms with E-state index < -0.39 is 11.2 Å². The summed E-state index contributed by atoms with van der Waals surface area (Å²) in [5.41, 5.74) is 1.31. The SMILES string of the molecule is CC(Nc1nc2ccccc2o1)c1cnc(C(F)(F)F)s1. The van der Waals surface area contributed by atoms with Crippen LogP contribution in [0.5, 0.6) is 0 Å². The van der Waals surface area contributed by atoms with Crippen LogP contribution in [-0.4, -0.2) is 9.97 Å². The zero-order chi connectivity index (χ0) is 15.0. The summed E-state index contributed by atoms with van der Waals surface area (Å²) >= 11 is 0.606. The van der Waals surface area contributed by atoms with Gasteiger partial charge in [-0.05, 0) is 19.1 Å². The van der Waals surface area contributed by atoms with Crippen molar-refractivity contribution in [1.82, 2.24) is 9.97 Å². The number of hydrogen-bond acceptors (Lipinski definition) is 5. The first-order valence-corrected chi connectivity index (χ1v) is 6.90. The second-order valence-electron chi connectivity index (χ2n) is 4.42. The highest BCUT2D eigenvalue weighted by molar-refractivity contribution is 7.11. The van der Waals surface area contributed by atoms with Crippen molar-refractivity contribution in [2.24, 2.45) is 0 Å². The fraction of sp³-hybridized carbons (Fsp3) is 0.231.